The molecule has 1 rings (SSSR count). The van der Waals surface area contributed by atoms with Gasteiger partial charge in [-0.1, -0.05) is 0 Å². The van der Waals surface area contributed by atoms with Gasteiger partial charge in [0.05, 0.1) is 0 Å². The van der Waals surface area contributed by atoms with E-state index in [2.05, 4.69) is 4.98 Å². The van der Waals surface area contributed by atoms with E-state index < -0.39 is 0 Å². The summed E-state index contributed by atoms with van der Waals surface area (Å²) in [5.41, 5.74) is 1.08. The Morgan fingerprint density at radius 3 is 3.00 bits per heavy atom. The molecular weight excluding hydrogens is 166 g/mol. The standard InChI is InChI=1S/C7H8ClNS/c1-10-7-2-6(3-8)4-9-5-7/h2,4-5H,3H2,1H3. The fourth-order valence-corrected chi connectivity index (χ4v) is 1.23. The van der Waals surface area contributed by atoms with Gasteiger partial charge in [0.1, 0.15) is 0 Å². The minimum atomic E-state index is 0.543. The van der Waals surface area contributed by atoms with Crippen LogP contribution < -0.4 is 0 Å². The van der Waals surface area contributed by atoms with E-state index in [-0.39, 0.29) is 0 Å². The molecule has 0 bridgehead atoms. The molecule has 0 N–H and O–H groups in total. The van der Waals surface area contributed by atoms with Crippen LogP contribution in [0.25, 0.3) is 0 Å². The molecule has 0 atom stereocenters. The zero-order valence-electron chi connectivity index (χ0n) is 5.67. The molecule has 0 aliphatic heterocycles. The lowest BCUT2D eigenvalue weighted by Crippen LogP contribution is -1.80. The molecular formula is C7H8ClNS. The van der Waals surface area contributed by atoms with Crippen molar-refractivity contribution in [2.45, 2.75) is 10.8 Å². The second kappa shape index (κ2) is 3.84. The third kappa shape index (κ3) is 1.89. The predicted molar refractivity (Wildman–Crippen MR) is 45.6 cm³/mol. The molecule has 1 aromatic rings. The van der Waals surface area contributed by atoms with Crippen molar-refractivity contribution >= 4 is 23.4 Å². The topological polar surface area (TPSA) is 12.9 Å². The lowest BCUT2D eigenvalue weighted by Gasteiger charge is -1.96. The van der Waals surface area contributed by atoms with Crippen LogP contribution in [0.2, 0.25) is 0 Å². The van der Waals surface area contributed by atoms with Gasteiger partial charge in [-0.2, -0.15) is 0 Å². The maximum absolute atomic E-state index is 5.61. The molecule has 0 radical (unpaired) electrons. The van der Waals surface area contributed by atoms with Crippen molar-refractivity contribution in [1.29, 1.82) is 0 Å². The van der Waals surface area contributed by atoms with Gasteiger partial charge >= 0.3 is 0 Å². The van der Waals surface area contributed by atoms with Gasteiger partial charge in [0.15, 0.2) is 0 Å². The van der Waals surface area contributed by atoms with Gasteiger partial charge in [0.2, 0.25) is 0 Å². The van der Waals surface area contributed by atoms with Gasteiger partial charge in [-0.05, 0) is 17.9 Å². The highest BCUT2D eigenvalue weighted by atomic mass is 35.5. The van der Waals surface area contributed by atoms with Crippen LogP contribution in [0.3, 0.4) is 0 Å². The molecule has 54 valence electrons. The van der Waals surface area contributed by atoms with Gasteiger partial charge in [-0.15, -0.1) is 23.4 Å². The van der Waals surface area contributed by atoms with Gasteiger partial charge in [0.25, 0.3) is 0 Å². The number of alkyl halides is 1. The Hall–Kier alpha value is -0.210. The van der Waals surface area contributed by atoms with Crippen LogP contribution in [0.1, 0.15) is 5.56 Å². The zero-order chi connectivity index (χ0) is 7.40. The number of halogens is 1. The Labute approximate surface area is 69.8 Å². The smallest absolute Gasteiger partial charge is 0.0489 e. The monoisotopic (exact) mass is 173 g/mol. The van der Waals surface area contributed by atoms with Crippen LogP contribution in [0.5, 0.6) is 0 Å². The minimum absolute atomic E-state index is 0.543. The van der Waals surface area contributed by atoms with Crippen molar-refractivity contribution in [2.75, 3.05) is 6.26 Å². The average Bonchev–Trinajstić information content (AvgIpc) is 2.05. The van der Waals surface area contributed by atoms with Gasteiger partial charge < -0.3 is 0 Å². The minimum Gasteiger partial charge on any atom is -0.263 e. The summed E-state index contributed by atoms with van der Waals surface area (Å²) >= 11 is 7.28. The quantitative estimate of drug-likeness (QED) is 0.504. The van der Waals surface area contributed by atoms with Crippen molar-refractivity contribution in [3.63, 3.8) is 0 Å². The molecule has 1 heterocycles. The third-order valence-electron chi connectivity index (χ3n) is 1.16. The Kier molecular flexibility index (Phi) is 3.03. The summed E-state index contributed by atoms with van der Waals surface area (Å²) in [7, 11) is 0. The molecule has 0 aliphatic carbocycles. The van der Waals surface area contributed by atoms with E-state index in [1.54, 1.807) is 18.0 Å². The summed E-state index contributed by atoms with van der Waals surface area (Å²) in [5, 5.41) is 0. The largest absolute Gasteiger partial charge is 0.263 e. The third-order valence-corrected chi connectivity index (χ3v) is 2.16. The van der Waals surface area contributed by atoms with Crippen LogP contribution in [-0.4, -0.2) is 11.2 Å². The highest BCUT2D eigenvalue weighted by Crippen LogP contribution is 2.14. The number of rotatable bonds is 2. The number of hydrogen-bond acceptors (Lipinski definition) is 2. The molecule has 1 aromatic heterocycles. The Morgan fingerprint density at radius 2 is 2.40 bits per heavy atom. The first-order chi connectivity index (χ1) is 4.86. The number of thioether (sulfide) groups is 1. The van der Waals surface area contributed by atoms with Crippen LogP contribution >= 0.6 is 23.4 Å². The zero-order valence-corrected chi connectivity index (χ0v) is 7.25. The summed E-state index contributed by atoms with van der Waals surface area (Å²) < 4.78 is 0. The van der Waals surface area contributed by atoms with E-state index in [9.17, 15) is 0 Å². The molecule has 0 fully saturated rings. The maximum Gasteiger partial charge on any atom is 0.0489 e. The summed E-state index contributed by atoms with van der Waals surface area (Å²) in [6.07, 6.45) is 5.64. The molecule has 0 amide bonds. The first-order valence-corrected chi connectivity index (χ1v) is 4.66. The first kappa shape index (κ1) is 7.89. The van der Waals surface area contributed by atoms with Gasteiger partial charge in [0, 0.05) is 23.2 Å². The fraction of sp³-hybridized carbons (Fsp3) is 0.286. The van der Waals surface area contributed by atoms with E-state index in [4.69, 9.17) is 11.6 Å². The normalized spacial score (nSPS) is 9.80. The first-order valence-electron chi connectivity index (χ1n) is 2.90. The lowest BCUT2D eigenvalue weighted by atomic mass is 10.3. The average molecular weight is 174 g/mol. The predicted octanol–water partition coefficient (Wildman–Crippen LogP) is 2.54. The van der Waals surface area contributed by atoms with Gasteiger partial charge in [-0.3, -0.25) is 4.98 Å². The molecule has 10 heavy (non-hydrogen) atoms. The summed E-state index contributed by atoms with van der Waals surface area (Å²) in [6, 6.07) is 2.05. The molecule has 0 aromatic carbocycles. The van der Waals surface area contributed by atoms with Crippen molar-refractivity contribution < 1.29 is 0 Å². The SMILES string of the molecule is CSc1cncc(CCl)c1. The van der Waals surface area contributed by atoms with E-state index >= 15 is 0 Å². The number of nitrogens with zero attached hydrogens (tertiary/aromatic N) is 1. The van der Waals surface area contributed by atoms with Crippen LogP contribution in [0, 0.1) is 0 Å². The molecule has 0 saturated heterocycles. The Bertz CT molecular complexity index is 195. The highest BCUT2D eigenvalue weighted by molar-refractivity contribution is 7.98. The Morgan fingerprint density at radius 1 is 1.60 bits per heavy atom. The second-order valence-corrected chi connectivity index (χ2v) is 3.01. The van der Waals surface area contributed by atoms with E-state index in [0.717, 1.165) is 10.5 Å². The number of aromatic nitrogens is 1. The van der Waals surface area contributed by atoms with Gasteiger partial charge in [-0.25, -0.2) is 0 Å². The van der Waals surface area contributed by atoms with E-state index in [1.807, 2.05) is 18.5 Å². The summed E-state index contributed by atoms with van der Waals surface area (Å²) in [4.78, 5) is 5.19. The van der Waals surface area contributed by atoms with Crippen molar-refractivity contribution in [1.82, 2.24) is 4.98 Å². The summed E-state index contributed by atoms with van der Waals surface area (Å²) in [5.74, 6) is 0.543. The van der Waals surface area contributed by atoms with Crippen LogP contribution in [0.4, 0.5) is 0 Å². The maximum atomic E-state index is 5.61. The molecule has 0 aliphatic rings. The Balaban J connectivity index is 2.87. The highest BCUT2D eigenvalue weighted by Gasteiger charge is 1.92. The molecule has 0 spiro atoms. The van der Waals surface area contributed by atoms with Crippen molar-refractivity contribution in [3.8, 4) is 0 Å². The fourth-order valence-electron chi connectivity index (χ4n) is 0.648. The second-order valence-electron chi connectivity index (χ2n) is 1.87. The molecule has 0 unspecified atom stereocenters. The lowest BCUT2D eigenvalue weighted by molar-refractivity contribution is 1.18. The molecule has 3 heteroatoms. The summed E-state index contributed by atoms with van der Waals surface area (Å²) in [6.45, 7) is 0. The van der Waals surface area contributed by atoms with Crippen LogP contribution in [-0.2, 0) is 5.88 Å². The van der Waals surface area contributed by atoms with Crippen molar-refractivity contribution in [3.05, 3.63) is 24.0 Å². The molecule has 0 saturated carbocycles. The number of hydrogen-bond donors (Lipinski definition) is 0. The van der Waals surface area contributed by atoms with E-state index in [0.29, 0.717) is 5.88 Å². The van der Waals surface area contributed by atoms with Crippen LogP contribution in [0.15, 0.2) is 23.4 Å². The van der Waals surface area contributed by atoms with E-state index in [1.165, 1.54) is 0 Å². The molecule has 1 nitrogen and oxygen atoms in total. The van der Waals surface area contributed by atoms with Crippen molar-refractivity contribution in [2.24, 2.45) is 0 Å². The number of pyridine rings is 1.